The van der Waals surface area contributed by atoms with Crippen LogP contribution in [0.4, 0.5) is 0 Å². The van der Waals surface area contributed by atoms with Gasteiger partial charge in [0.05, 0.1) is 30.0 Å². The predicted molar refractivity (Wildman–Crippen MR) is 62.2 cm³/mol. The van der Waals surface area contributed by atoms with Crippen molar-refractivity contribution in [3.05, 3.63) is 35.9 Å². The molecule has 1 aromatic carbocycles. The Labute approximate surface area is 108 Å². The third-order valence-electron chi connectivity index (χ3n) is 2.42. The Hall–Kier alpha value is -0.940. The van der Waals surface area contributed by atoms with E-state index in [-0.39, 0.29) is 13.2 Å². The Morgan fingerprint density at radius 2 is 2.29 bits per heavy atom. The molecule has 0 bridgehead atoms. The van der Waals surface area contributed by atoms with E-state index in [0.29, 0.717) is 0 Å². The highest BCUT2D eigenvalue weighted by Crippen LogP contribution is 2.22. The van der Waals surface area contributed by atoms with Gasteiger partial charge >= 0.3 is 0 Å². The molecule has 1 heterocycles. The largest absolute Gasteiger partial charge is 0.390 e. The van der Waals surface area contributed by atoms with Crippen molar-refractivity contribution in [2.45, 2.75) is 25.3 Å². The second-order valence-electron chi connectivity index (χ2n) is 3.73. The van der Waals surface area contributed by atoms with Crippen molar-refractivity contribution >= 4 is 0 Å². The Balaban J connectivity index is 2.00. The smallest absolute Gasteiger partial charge is 0.159 e. The minimum absolute atomic E-state index is 0.164. The zero-order chi connectivity index (χ0) is 16.6. The maximum Gasteiger partial charge on any atom is 0.159 e. The normalized spacial score (nSPS) is 40.6. The van der Waals surface area contributed by atoms with Gasteiger partial charge in [-0.25, -0.2) is 0 Å². The highest BCUT2D eigenvalue weighted by molar-refractivity contribution is 5.13. The summed E-state index contributed by atoms with van der Waals surface area (Å²) in [7, 11) is 0. The van der Waals surface area contributed by atoms with Gasteiger partial charge in [0.2, 0.25) is 0 Å². The molecule has 2 N–H and O–H groups in total. The van der Waals surface area contributed by atoms with E-state index in [9.17, 15) is 10.2 Å². The molecule has 0 aromatic heterocycles. The van der Waals surface area contributed by atoms with E-state index < -0.39 is 31.2 Å². The molecule has 1 aromatic rings. The molecular formula is C13H18O4. The van der Waals surface area contributed by atoms with Crippen LogP contribution in [0.2, 0.25) is 0 Å². The summed E-state index contributed by atoms with van der Waals surface area (Å²) in [5.74, 6) is -1.80. The standard InChI is InChI=1S/C13H18O4/c14-12(11-6-7-17-13(11)15)9-16-8-10-4-2-1-3-5-10/h1-5,11-15H,6-9H2/t11-,12+,13?/m0/s1/i6D2,7D2,13D. The van der Waals surface area contributed by atoms with Gasteiger partial charge in [0.25, 0.3) is 0 Å². The molecule has 0 spiro atoms. The SMILES string of the molecule is [2H]C1(O)OC([2H])([2H])C([2H])([2H])[C@H]1[C@H](O)COCc1ccccc1. The van der Waals surface area contributed by atoms with Crippen molar-refractivity contribution in [3.63, 3.8) is 0 Å². The van der Waals surface area contributed by atoms with Gasteiger partial charge in [-0.15, -0.1) is 0 Å². The quantitative estimate of drug-likeness (QED) is 0.807. The molecule has 17 heavy (non-hydrogen) atoms. The fraction of sp³-hybridized carbons (Fsp3) is 0.538. The first-order valence-electron chi connectivity index (χ1n) is 7.80. The van der Waals surface area contributed by atoms with Gasteiger partial charge in [-0.1, -0.05) is 30.3 Å². The maximum atomic E-state index is 10.0. The van der Waals surface area contributed by atoms with Crippen LogP contribution in [-0.4, -0.2) is 35.7 Å². The van der Waals surface area contributed by atoms with Crippen molar-refractivity contribution in [3.8, 4) is 0 Å². The Kier molecular flexibility index (Phi) is 2.69. The van der Waals surface area contributed by atoms with Crippen molar-refractivity contribution in [2.24, 2.45) is 5.92 Å². The van der Waals surface area contributed by atoms with Crippen molar-refractivity contribution in [1.82, 2.24) is 0 Å². The first kappa shape index (κ1) is 7.48. The van der Waals surface area contributed by atoms with Crippen molar-refractivity contribution in [1.29, 1.82) is 0 Å². The van der Waals surface area contributed by atoms with Crippen molar-refractivity contribution < 1.29 is 26.5 Å². The van der Waals surface area contributed by atoms with E-state index in [4.69, 9.17) is 11.6 Å². The zero-order valence-corrected chi connectivity index (χ0v) is 9.17. The summed E-state index contributed by atoms with van der Waals surface area (Å²) >= 11 is 0. The van der Waals surface area contributed by atoms with Gasteiger partial charge in [0, 0.05) is 8.66 Å². The number of hydrogen-bond donors (Lipinski definition) is 2. The van der Waals surface area contributed by atoms with E-state index in [1.807, 2.05) is 30.3 Å². The molecule has 0 saturated carbocycles. The van der Waals surface area contributed by atoms with Crippen LogP contribution in [0.5, 0.6) is 0 Å². The molecule has 94 valence electrons. The third-order valence-corrected chi connectivity index (χ3v) is 2.42. The fourth-order valence-electron chi connectivity index (χ4n) is 1.50. The van der Waals surface area contributed by atoms with Gasteiger partial charge in [-0.2, -0.15) is 0 Å². The first-order chi connectivity index (χ1) is 10.1. The molecule has 1 aliphatic heterocycles. The fourth-order valence-corrected chi connectivity index (χ4v) is 1.50. The number of rotatable bonds is 5. The molecule has 1 fully saturated rings. The van der Waals surface area contributed by atoms with Crippen LogP contribution >= 0.6 is 0 Å². The van der Waals surface area contributed by atoms with Crippen LogP contribution < -0.4 is 0 Å². The number of aliphatic hydroxyl groups excluding tert-OH is 1. The predicted octanol–water partition coefficient (Wildman–Crippen LogP) is 0.919. The lowest BCUT2D eigenvalue weighted by molar-refractivity contribution is -0.117. The van der Waals surface area contributed by atoms with Crippen LogP contribution in [0.3, 0.4) is 0 Å². The van der Waals surface area contributed by atoms with Gasteiger partial charge in [0.15, 0.2) is 6.27 Å². The monoisotopic (exact) mass is 243 g/mol. The molecule has 0 amide bonds. The second kappa shape index (κ2) is 6.12. The summed E-state index contributed by atoms with van der Waals surface area (Å²) in [6.07, 6.45) is -7.21. The van der Waals surface area contributed by atoms with Crippen LogP contribution in [0.15, 0.2) is 30.3 Å². The topological polar surface area (TPSA) is 58.9 Å². The van der Waals surface area contributed by atoms with Crippen LogP contribution in [0, 0.1) is 5.92 Å². The molecule has 1 unspecified atom stereocenters. The van der Waals surface area contributed by atoms with Crippen molar-refractivity contribution in [2.75, 3.05) is 13.2 Å². The molecule has 3 atom stereocenters. The lowest BCUT2D eigenvalue weighted by Gasteiger charge is -2.19. The second-order valence-corrected chi connectivity index (χ2v) is 3.73. The van der Waals surface area contributed by atoms with Crippen LogP contribution in [0.25, 0.3) is 0 Å². The lowest BCUT2D eigenvalue weighted by Crippen LogP contribution is -2.31. The summed E-state index contributed by atoms with van der Waals surface area (Å²) in [5, 5.41) is 19.8. The molecule has 1 aliphatic rings. The highest BCUT2D eigenvalue weighted by atomic mass is 16.6. The minimum atomic E-state index is -2.88. The zero-order valence-electron chi connectivity index (χ0n) is 14.2. The summed E-state index contributed by atoms with van der Waals surface area (Å²) in [6, 6.07) is 9.09. The third kappa shape index (κ3) is 3.51. The molecule has 4 heteroatoms. The summed E-state index contributed by atoms with van der Waals surface area (Å²) in [5.41, 5.74) is 0.844. The van der Waals surface area contributed by atoms with E-state index in [0.717, 1.165) is 5.56 Å². The Morgan fingerprint density at radius 1 is 1.53 bits per heavy atom. The van der Waals surface area contributed by atoms with Crippen LogP contribution in [-0.2, 0) is 16.1 Å². The summed E-state index contributed by atoms with van der Waals surface area (Å²) in [6.45, 7) is -3.08. The average Bonchev–Trinajstić information content (AvgIpc) is 2.50. The molecule has 0 aliphatic carbocycles. The van der Waals surface area contributed by atoms with E-state index in [1.165, 1.54) is 0 Å². The van der Waals surface area contributed by atoms with Gasteiger partial charge in [-0.05, 0) is 11.9 Å². The molecule has 1 saturated heterocycles. The molecular weight excluding hydrogens is 220 g/mol. The number of benzene rings is 1. The summed E-state index contributed by atoms with van der Waals surface area (Å²) < 4.78 is 47.4. The Morgan fingerprint density at radius 3 is 2.94 bits per heavy atom. The minimum Gasteiger partial charge on any atom is -0.390 e. The van der Waals surface area contributed by atoms with E-state index in [1.54, 1.807) is 0 Å². The number of aliphatic hydroxyl groups is 2. The first-order valence-corrected chi connectivity index (χ1v) is 5.30. The molecule has 0 radical (unpaired) electrons. The van der Waals surface area contributed by atoms with Gasteiger partial charge in [0.1, 0.15) is 0 Å². The van der Waals surface area contributed by atoms with E-state index in [2.05, 4.69) is 4.74 Å². The summed E-state index contributed by atoms with van der Waals surface area (Å²) in [4.78, 5) is 0. The number of ether oxygens (including phenoxy) is 2. The lowest BCUT2D eigenvalue weighted by atomic mass is 10.0. The van der Waals surface area contributed by atoms with Gasteiger partial charge in [-0.3, -0.25) is 0 Å². The molecule has 2 rings (SSSR count). The Bertz CT molecular complexity index is 508. The van der Waals surface area contributed by atoms with Crippen LogP contribution in [0.1, 0.15) is 18.8 Å². The average molecular weight is 243 g/mol. The van der Waals surface area contributed by atoms with E-state index >= 15 is 0 Å². The van der Waals surface area contributed by atoms with Gasteiger partial charge < -0.3 is 19.7 Å². The highest BCUT2D eigenvalue weighted by Gasteiger charge is 2.32. The maximum absolute atomic E-state index is 10.0. The molecule has 4 nitrogen and oxygen atoms in total. The number of hydrogen-bond acceptors (Lipinski definition) is 4.